The van der Waals surface area contributed by atoms with Gasteiger partial charge in [0.2, 0.25) is 0 Å². The molecule has 0 fully saturated rings. The molecule has 0 atom stereocenters. The summed E-state index contributed by atoms with van der Waals surface area (Å²) < 4.78 is 0. The van der Waals surface area contributed by atoms with E-state index >= 15 is 0 Å². The van der Waals surface area contributed by atoms with Crippen molar-refractivity contribution >= 4 is 11.7 Å². The van der Waals surface area contributed by atoms with Crippen LogP contribution in [0.15, 0.2) is 36.0 Å². The zero-order valence-electron chi connectivity index (χ0n) is 12.2. The number of benzene rings is 1. The monoisotopic (exact) mass is 276 g/mol. The normalized spacial score (nSPS) is 11.9. The summed E-state index contributed by atoms with van der Waals surface area (Å²) >= 11 is 0. The molecule has 1 rings (SSSR count). The third-order valence-electron chi connectivity index (χ3n) is 2.61. The number of ketones is 1. The molecular weight excluding hydrogens is 256 g/mol. The van der Waals surface area contributed by atoms with Crippen LogP contribution in [0.2, 0.25) is 0 Å². The molecule has 1 amide bonds. The molecule has 1 aromatic carbocycles. The standard InChI is InChI=1S/C15H20N2O3/c1-10(9-13(19)15(2,3)4)16-17-14(20)11-7-5-6-8-12(11)18/h5-9,16,18H,1-4H3,(H,17,20)/b10-9+. The van der Waals surface area contributed by atoms with Gasteiger partial charge in [0.05, 0.1) is 5.56 Å². The summed E-state index contributed by atoms with van der Waals surface area (Å²) in [5.74, 6) is -0.613. The van der Waals surface area contributed by atoms with Gasteiger partial charge in [0, 0.05) is 17.2 Å². The first kappa shape index (κ1) is 15.8. The number of allylic oxidation sites excluding steroid dienone is 2. The summed E-state index contributed by atoms with van der Waals surface area (Å²) in [6, 6.07) is 6.22. The summed E-state index contributed by atoms with van der Waals surface area (Å²) in [5, 5.41) is 9.54. The highest BCUT2D eigenvalue weighted by Crippen LogP contribution is 2.16. The quantitative estimate of drug-likeness (QED) is 0.581. The lowest BCUT2D eigenvalue weighted by Gasteiger charge is -2.15. The Morgan fingerprint density at radius 3 is 2.30 bits per heavy atom. The topological polar surface area (TPSA) is 78.4 Å². The summed E-state index contributed by atoms with van der Waals surface area (Å²) in [7, 11) is 0. The van der Waals surface area contributed by atoms with Gasteiger partial charge >= 0.3 is 0 Å². The molecule has 0 aromatic heterocycles. The molecule has 0 bridgehead atoms. The van der Waals surface area contributed by atoms with Gasteiger partial charge in [-0.15, -0.1) is 0 Å². The molecule has 20 heavy (non-hydrogen) atoms. The Morgan fingerprint density at radius 1 is 1.15 bits per heavy atom. The number of rotatable bonds is 4. The maximum Gasteiger partial charge on any atom is 0.273 e. The molecule has 0 spiro atoms. The number of hydrazine groups is 1. The van der Waals surface area contributed by atoms with Gasteiger partial charge < -0.3 is 10.5 Å². The van der Waals surface area contributed by atoms with Gasteiger partial charge in [-0.2, -0.15) is 0 Å². The van der Waals surface area contributed by atoms with Crippen molar-refractivity contribution in [2.24, 2.45) is 5.41 Å². The average molecular weight is 276 g/mol. The average Bonchev–Trinajstić information content (AvgIpc) is 2.35. The van der Waals surface area contributed by atoms with Crippen LogP contribution in [-0.2, 0) is 4.79 Å². The first-order valence-electron chi connectivity index (χ1n) is 6.29. The van der Waals surface area contributed by atoms with Gasteiger partial charge in [-0.1, -0.05) is 32.9 Å². The second kappa shape index (κ2) is 6.23. The smallest absolute Gasteiger partial charge is 0.273 e. The Labute approximate surface area is 118 Å². The van der Waals surface area contributed by atoms with E-state index in [9.17, 15) is 14.7 Å². The molecule has 5 nitrogen and oxygen atoms in total. The number of para-hydroxylation sites is 1. The fourth-order valence-corrected chi connectivity index (χ4v) is 1.34. The Kier molecular flexibility index (Phi) is 4.91. The van der Waals surface area contributed by atoms with Crippen LogP contribution >= 0.6 is 0 Å². The molecule has 1 aromatic rings. The number of hydrogen-bond donors (Lipinski definition) is 3. The molecule has 108 valence electrons. The van der Waals surface area contributed by atoms with Gasteiger partial charge in [0.25, 0.3) is 5.91 Å². The van der Waals surface area contributed by atoms with Crippen LogP contribution in [-0.4, -0.2) is 16.8 Å². The van der Waals surface area contributed by atoms with Crippen molar-refractivity contribution < 1.29 is 14.7 Å². The number of phenols is 1. The minimum absolute atomic E-state index is 0.0423. The van der Waals surface area contributed by atoms with Crippen molar-refractivity contribution in [3.8, 4) is 5.75 Å². The fraction of sp³-hybridized carbons (Fsp3) is 0.333. The SMILES string of the molecule is C/C(=C\C(=O)C(C)(C)C)NNC(=O)c1ccccc1O. The van der Waals surface area contributed by atoms with E-state index < -0.39 is 11.3 Å². The van der Waals surface area contributed by atoms with Crippen molar-refractivity contribution in [2.75, 3.05) is 0 Å². The summed E-state index contributed by atoms with van der Waals surface area (Å²) in [6.07, 6.45) is 1.44. The van der Waals surface area contributed by atoms with Crippen molar-refractivity contribution in [3.63, 3.8) is 0 Å². The zero-order chi connectivity index (χ0) is 15.3. The third-order valence-corrected chi connectivity index (χ3v) is 2.61. The second-order valence-electron chi connectivity index (χ2n) is 5.54. The molecular formula is C15H20N2O3. The highest BCUT2D eigenvalue weighted by molar-refractivity contribution is 5.97. The van der Waals surface area contributed by atoms with E-state index in [0.717, 1.165) is 0 Å². The lowest BCUT2D eigenvalue weighted by molar-refractivity contribution is -0.121. The largest absolute Gasteiger partial charge is 0.507 e. The van der Waals surface area contributed by atoms with Crippen molar-refractivity contribution in [1.29, 1.82) is 0 Å². The number of nitrogens with one attached hydrogen (secondary N) is 2. The van der Waals surface area contributed by atoms with Crippen molar-refractivity contribution in [2.45, 2.75) is 27.7 Å². The summed E-state index contributed by atoms with van der Waals surface area (Å²) in [5.41, 5.74) is 5.28. The Balaban J connectivity index is 2.64. The van der Waals surface area contributed by atoms with Crippen LogP contribution in [0.25, 0.3) is 0 Å². The highest BCUT2D eigenvalue weighted by Gasteiger charge is 2.19. The van der Waals surface area contributed by atoms with Crippen LogP contribution in [0.5, 0.6) is 5.75 Å². The van der Waals surface area contributed by atoms with Gasteiger partial charge in [0.15, 0.2) is 5.78 Å². The number of phenolic OH excluding ortho intramolecular Hbond substituents is 1. The van der Waals surface area contributed by atoms with Crippen molar-refractivity contribution in [1.82, 2.24) is 10.9 Å². The lowest BCUT2D eigenvalue weighted by atomic mass is 9.90. The minimum Gasteiger partial charge on any atom is -0.507 e. The van der Waals surface area contributed by atoms with Crippen LogP contribution in [0.3, 0.4) is 0 Å². The van der Waals surface area contributed by atoms with E-state index in [-0.39, 0.29) is 17.1 Å². The van der Waals surface area contributed by atoms with E-state index in [4.69, 9.17) is 0 Å². The van der Waals surface area contributed by atoms with Crippen molar-refractivity contribution in [3.05, 3.63) is 41.6 Å². The second-order valence-corrected chi connectivity index (χ2v) is 5.54. The van der Waals surface area contributed by atoms with E-state index in [0.29, 0.717) is 5.70 Å². The Bertz CT molecular complexity index is 542. The third kappa shape index (κ3) is 4.42. The molecule has 0 aliphatic heterocycles. The molecule has 0 saturated heterocycles. The van der Waals surface area contributed by atoms with E-state index in [1.807, 2.05) is 20.8 Å². The van der Waals surface area contributed by atoms with E-state index in [1.165, 1.54) is 18.2 Å². The maximum absolute atomic E-state index is 11.8. The fourth-order valence-electron chi connectivity index (χ4n) is 1.34. The van der Waals surface area contributed by atoms with Gasteiger partial charge in [-0.05, 0) is 19.1 Å². The van der Waals surface area contributed by atoms with Gasteiger partial charge in [-0.3, -0.25) is 15.0 Å². The predicted octanol–water partition coefficient (Wildman–Crippen LogP) is 2.15. The van der Waals surface area contributed by atoms with Gasteiger partial charge in [0.1, 0.15) is 5.75 Å². The first-order valence-corrected chi connectivity index (χ1v) is 6.29. The molecule has 3 N–H and O–H groups in total. The number of aromatic hydroxyl groups is 1. The van der Waals surface area contributed by atoms with Crippen LogP contribution in [0, 0.1) is 5.41 Å². The number of carbonyl (C=O) groups is 2. The van der Waals surface area contributed by atoms with Crippen LogP contribution in [0.1, 0.15) is 38.1 Å². The predicted molar refractivity (Wildman–Crippen MR) is 76.9 cm³/mol. The summed E-state index contributed by atoms with van der Waals surface area (Å²) in [4.78, 5) is 23.6. The molecule has 0 radical (unpaired) electrons. The molecule has 0 saturated carbocycles. The first-order chi connectivity index (χ1) is 9.21. The van der Waals surface area contributed by atoms with Crippen LogP contribution < -0.4 is 10.9 Å². The van der Waals surface area contributed by atoms with Gasteiger partial charge in [-0.25, -0.2) is 0 Å². The number of carbonyl (C=O) groups excluding carboxylic acids is 2. The minimum atomic E-state index is -0.473. The molecule has 0 aliphatic carbocycles. The summed E-state index contributed by atoms with van der Waals surface area (Å²) in [6.45, 7) is 7.13. The number of amides is 1. The van der Waals surface area contributed by atoms with E-state index in [2.05, 4.69) is 10.9 Å². The highest BCUT2D eigenvalue weighted by atomic mass is 16.3. The lowest BCUT2D eigenvalue weighted by Crippen LogP contribution is -2.36. The molecule has 0 aliphatic rings. The molecule has 0 unspecified atom stereocenters. The molecule has 5 heteroatoms. The van der Waals surface area contributed by atoms with E-state index in [1.54, 1.807) is 19.1 Å². The molecule has 0 heterocycles. The maximum atomic E-state index is 11.8. The van der Waals surface area contributed by atoms with Crippen LogP contribution in [0.4, 0.5) is 0 Å². The number of hydrogen-bond acceptors (Lipinski definition) is 4. The Hall–Kier alpha value is -2.30. The Morgan fingerprint density at radius 2 is 1.75 bits per heavy atom. The zero-order valence-corrected chi connectivity index (χ0v) is 12.2.